The second-order valence-corrected chi connectivity index (χ2v) is 5.23. The van der Waals surface area contributed by atoms with Gasteiger partial charge in [-0.2, -0.15) is 0 Å². The first kappa shape index (κ1) is 15.7. The number of benzene rings is 2. The van der Waals surface area contributed by atoms with Crippen molar-refractivity contribution in [1.29, 1.82) is 0 Å². The molecule has 0 aliphatic heterocycles. The van der Waals surface area contributed by atoms with Gasteiger partial charge in [-0.15, -0.1) is 5.10 Å². The lowest BCUT2D eigenvalue weighted by Gasteiger charge is -2.09. The zero-order valence-corrected chi connectivity index (χ0v) is 13.6. The summed E-state index contributed by atoms with van der Waals surface area (Å²) in [5, 5.41) is 7.02. The summed E-state index contributed by atoms with van der Waals surface area (Å²) in [6.45, 7) is 4.43. The smallest absolute Gasteiger partial charge is 0.295 e. The van der Waals surface area contributed by atoms with E-state index in [4.69, 9.17) is 4.74 Å². The molecule has 0 radical (unpaired) electrons. The minimum absolute atomic E-state index is 0.0990. The van der Waals surface area contributed by atoms with Crippen LogP contribution in [0.2, 0.25) is 0 Å². The van der Waals surface area contributed by atoms with Crippen LogP contribution in [0.25, 0.3) is 5.69 Å². The summed E-state index contributed by atoms with van der Waals surface area (Å²) in [7, 11) is 0. The Hall–Kier alpha value is -3.15. The quantitative estimate of drug-likeness (QED) is 0.783. The van der Waals surface area contributed by atoms with Crippen molar-refractivity contribution in [3.05, 3.63) is 66.2 Å². The molecule has 0 aliphatic rings. The average molecular weight is 322 g/mol. The number of nitrogens with one attached hydrogen (secondary N) is 1. The van der Waals surface area contributed by atoms with Crippen molar-refractivity contribution in [3.8, 4) is 11.4 Å². The van der Waals surface area contributed by atoms with Gasteiger partial charge in [0, 0.05) is 0 Å². The lowest BCUT2D eigenvalue weighted by atomic mass is 10.2. The number of ether oxygens (including phenoxy) is 1. The molecule has 6 heteroatoms. The van der Waals surface area contributed by atoms with E-state index >= 15 is 0 Å². The van der Waals surface area contributed by atoms with Crippen LogP contribution >= 0.6 is 0 Å². The van der Waals surface area contributed by atoms with Crippen LogP contribution in [-0.2, 0) is 0 Å². The Kier molecular flexibility index (Phi) is 4.56. The van der Waals surface area contributed by atoms with E-state index in [-0.39, 0.29) is 11.7 Å². The first-order chi connectivity index (χ1) is 11.7. The van der Waals surface area contributed by atoms with E-state index in [9.17, 15) is 4.79 Å². The van der Waals surface area contributed by atoms with Crippen LogP contribution in [0.1, 0.15) is 23.1 Å². The van der Waals surface area contributed by atoms with Crippen LogP contribution in [-0.4, -0.2) is 27.3 Å². The number of aryl methyl sites for hydroxylation is 1. The molecule has 1 heterocycles. The maximum atomic E-state index is 12.4. The number of hydrogen-bond acceptors (Lipinski definition) is 4. The van der Waals surface area contributed by atoms with Crippen LogP contribution in [0.3, 0.4) is 0 Å². The SMILES string of the molecule is CCOc1ccccc1NC(=O)c1ncn(-c2ccc(C)cc2)n1. The lowest BCUT2D eigenvalue weighted by Crippen LogP contribution is -2.15. The zero-order chi connectivity index (χ0) is 16.9. The van der Waals surface area contributed by atoms with Gasteiger partial charge in [-0.05, 0) is 38.1 Å². The first-order valence-electron chi connectivity index (χ1n) is 7.69. The fourth-order valence-electron chi connectivity index (χ4n) is 2.22. The van der Waals surface area contributed by atoms with Crippen molar-refractivity contribution in [2.45, 2.75) is 13.8 Å². The normalized spacial score (nSPS) is 10.4. The fraction of sp³-hybridized carbons (Fsp3) is 0.167. The van der Waals surface area contributed by atoms with Gasteiger partial charge in [0.15, 0.2) is 0 Å². The molecule has 6 nitrogen and oxygen atoms in total. The van der Waals surface area contributed by atoms with E-state index in [1.165, 1.54) is 6.33 Å². The number of nitrogens with zero attached hydrogens (tertiary/aromatic N) is 3. The Morgan fingerprint density at radius 1 is 1.17 bits per heavy atom. The maximum Gasteiger partial charge on any atom is 0.295 e. The third-order valence-corrected chi connectivity index (χ3v) is 3.43. The zero-order valence-electron chi connectivity index (χ0n) is 13.6. The molecule has 3 aromatic rings. The number of carbonyl (C=O) groups excluding carboxylic acids is 1. The molecule has 0 atom stereocenters. The molecule has 3 rings (SSSR count). The Morgan fingerprint density at radius 2 is 1.92 bits per heavy atom. The minimum Gasteiger partial charge on any atom is -0.492 e. The summed E-state index contributed by atoms with van der Waals surface area (Å²) in [5.41, 5.74) is 2.60. The predicted octanol–water partition coefficient (Wildman–Crippen LogP) is 3.23. The van der Waals surface area contributed by atoms with Gasteiger partial charge >= 0.3 is 0 Å². The van der Waals surface area contributed by atoms with Gasteiger partial charge in [-0.3, -0.25) is 4.79 Å². The fourth-order valence-corrected chi connectivity index (χ4v) is 2.22. The van der Waals surface area contributed by atoms with Crippen molar-refractivity contribution in [3.63, 3.8) is 0 Å². The van der Waals surface area contributed by atoms with Crippen LogP contribution in [0.4, 0.5) is 5.69 Å². The van der Waals surface area contributed by atoms with Gasteiger partial charge < -0.3 is 10.1 Å². The molecule has 122 valence electrons. The number of hydrogen-bond donors (Lipinski definition) is 1. The Bertz CT molecular complexity index is 840. The predicted molar refractivity (Wildman–Crippen MR) is 91.7 cm³/mol. The second-order valence-electron chi connectivity index (χ2n) is 5.23. The Labute approximate surface area is 140 Å². The molecular weight excluding hydrogens is 304 g/mol. The van der Waals surface area contributed by atoms with Gasteiger partial charge in [0.25, 0.3) is 5.91 Å². The molecular formula is C18H18N4O2. The van der Waals surface area contributed by atoms with Gasteiger partial charge in [0.05, 0.1) is 18.0 Å². The molecule has 0 bridgehead atoms. The highest BCUT2D eigenvalue weighted by Crippen LogP contribution is 2.24. The molecule has 0 spiro atoms. The van der Waals surface area contributed by atoms with Crippen LogP contribution in [0, 0.1) is 6.92 Å². The second kappa shape index (κ2) is 6.95. The van der Waals surface area contributed by atoms with Gasteiger partial charge in [-0.1, -0.05) is 29.8 Å². The molecule has 1 N–H and O–H groups in total. The first-order valence-corrected chi connectivity index (χ1v) is 7.69. The highest BCUT2D eigenvalue weighted by molar-refractivity contribution is 6.02. The van der Waals surface area contributed by atoms with E-state index in [1.807, 2.05) is 50.2 Å². The molecule has 0 saturated heterocycles. The van der Waals surface area contributed by atoms with Gasteiger partial charge in [0.2, 0.25) is 5.82 Å². The lowest BCUT2D eigenvalue weighted by molar-refractivity contribution is 0.101. The van der Waals surface area contributed by atoms with Crippen molar-refractivity contribution < 1.29 is 9.53 Å². The van der Waals surface area contributed by atoms with Gasteiger partial charge in [-0.25, -0.2) is 9.67 Å². The number of amides is 1. The van der Waals surface area contributed by atoms with Crippen molar-refractivity contribution >= 4 is 11.6 Å². The number of anilines is 1. The van der Waals surface area contributed by atoms with E-state index in [0.29, 0.717) is 18.0 Å². The van der Waals surface area contributed by atoms with E-state index in [1.54, 1.807) is 16.8 Å². The highest BCUT2D eigenvalue weighted by Gasteiger charge is 2.14. The monoisotopic (exact) mass is 322 g/mol. The molecule has 24 heavy (non-hydrogen) atoms. The standard InChI is InChI=1S/C18H18N4O2/c1-3-24-16-7-5-4-6-15(16)20-18(23)17-19-12-22(21-17)14-10-8-13(2)9-11-14/h4-12H,3H2,1-2H3,(H,20,23). The largest absolute Gasteiger partial charge is 0.492 e. The molecule has 1 amide bonds. The van der Waals surface area contributed by atoms with Crippen LogP contribution in [0.5, 0.6) is 5.75 Å². The Balaban J connectivity index is 1.78. The van der Waals surface area contributed by atoms with E-state index in [2.05, 4.69) is 15.4 Å². The Morgan fingerprint density at radius 3 is 2.67 bits per heavy atom. The summed E-state index contributed by atoms with van der Waals surface area (Å²) in [6, 6.07) is 15.1. The van der Waals surface area contributed by atoms with E-state index < -0.39 is 0 Å². The molecule has 2 aromatic carbocycles. The summed E-state index contributed by atoms with van der Waals surface area (Å²) in [4.78, 5) is 16.5. The molecule has 0 unspecified atom stereocenters. The molecule has 0 fully saturated rings. The van der Waals surface area contributed by atoms with Gasteiger partial charge in [0.1, 0.15) is 12.1 Å². The highest BCUT2D eigenvalue weighted by atomic mass is 16.5. The number of para-hydroxylation sites is 2. The summed E-state index contributed by atoms with van der Waals surface area (Å²) >= 11 is 0. The number of rotatable bonds is 5. The molecule has 0 saturated carbocycles. The maximum absolute atomic E-state index is 12.4. The van der Waals surface area contributed by atoms with Crippen LogP contribution in [0.15, 0.2) is 54.9 Å². The molecule has 1 aromatic heterocycles. The third kappa shape index (κ3) is 3.43. The van der Waals surface area contributed by atoms with E-state index in [0.717, 1.165) is 11.3 Å². The topological polar surface area (TPSA) is 69.0 Å². The van der Waals surface area contributed by atoms with Crippen molar-refractivity contribution in [2.24, 2.45) is 0 Å². The minimum atomic E-state index is -0.381. The molecule has 0 aliphatic carbocycles. The van der Waals surface area contributed by atoms with Crippen molar-refractivity contribution in [1.82, 2.24) is 14.8 Å². The summed E-state index contributed by atoms with van der Waals surface area (Å²) in [6.07, 6.45) is 1.52. The van der Waals surface area contributed by atoms with Crippen LogP contribution < -0.4 is 10.1 Å². The summed E-state index contributed by atoms with van der Waals surface area (Å²) < 4.78 is 7.07. The summed E-state index contributed by atoms with van der Waals surface area (Å²) in [5.74, 6) is 0.334. The van der Waals surface area contributed by atoms with Crippen molar-refractivity contribution in [2.75, 3.05) is 11.9 Å². The number of aromatic nitrogens is 3. The average Bonchev–Trinajstić information content (AvgIpc) is 3.08. The third-order valence-electron chi connectivity index (χ3n) is 3.43. The number of carbonyl (C=O) groups is 1.